The van der Waals surface area contributed by atoms with Gasteiger partial charge in [0.15, 0.2) is 17.1 Å². The summed E-state index contributed by atoms with van der Waals surface area (Å²) in [5, 5.41) is 30.0. The summed E-state index contributed by atoms with van der Waals surface area (Å²) in [5.74, 6) is -1.20. The van der Waals surface area contributed by atoms with Crippen LogP contribution in [-0.4, -0.2) is 29.0 Å². The van der Waals surface area contributed by atoms with Gasteiger partial charge in [-0.25, -0.2) is 0 Å². The Morgan fingerprint density at radius 2 is 1.79 bits per heavy atom. The molecule has 0 aliphatic carbocycles. The van der Waals surface area contributed by atoms with Gasteiger partial charge in [0.1, 0.15) is 23.5 Å². The van der Waals surface area contributed by atoms with Crippen molar-refractivity contribution in [3.63, 3.8) is 0 Å². The zero-order valence-electron chi connectivity index (χ0n) is 15.6. The maximum absolute atomic E-state index is 12.6. The summed E-state index contributed by atoms with van der Waals surface area (Å²) in [4.78, 5) is 12.6. The summed E-state index contributed by atoms with van der Waals surface area (Å²) in [5.41, 5.74) is 0.550. The maximum Gasteiger partial charge on any atom is 0.238 e. The minimum atomic E-state index is -0.837. The number of ether oxygens (including phenoxy) is 2. The van der Waals surface area contributed by atoms with Gasteiger partial charge in [-0.3, -0.25) is 4.79 Å². The average molecular weight is 384 g/mol. The van der Waals surface area contributed by atoms with Crippen LogP contribution in [0.25, 0.3) is 22.3 Å². The Hall–Kier alpha value is -3.61. The second kappa shape index (κ2) is 7.56. The van der Waals surface area contributed by atoms with Crippen LogP contribution in [0.1, 0.15) is 13.8 Å². The highest BCUT2D eigenvalue weighted by Gasteiger charge is 2.23. The van der Waals surface area contributed by atoms with E-state index >= 15 is 0 Å². The molecule has 146 valence electrons. The van der Waals surface area contributed by atoms with Crippen molar-refractivity contribution < 1.29 is 29.2 Å². The predicted octanol–water partition coefficient (Wildman–Crippen LogP) is 3.93. The number of aromatic hydroxyl groups is 3. The molecule has 0 amide bonds. The topological polar surface area (TPSA) is 109 Å². The minimum Gasteiger partial charge on any atom is -0.507 e. The fraction of sp³-hybridized carbons (Fsp3) is 0.190. The van der Waals surface area contributed by atoms with Crippen molar-refractivity contribution in [1.29, 1.82) is 0 Å². The summed E-state index contributed by atoms with van der Waals surface area (Å²) in [6.07, 6.45) is 1.94. The SMILES string of the molecule is COc1c(O)cc(O)c2c(=O)c(O)c(-c3ccc(OCC=C(C)C)cc3)oc12. The molecule has 2 aromatic carbocycles. The molecule has 0 aliphatic heterocycles. The van der Waals surface area contributed by atoms with Gasteiger partial charge in [0.25, 0.3) is 0 Å². The molecule has 0 atom stereocenters. The molecule has 28 heavy (non-hydrogen) atoms. The van der Waals surface area contributed by atoms with E-state index < -0.39 is 22.7 Å². The van der Waals surface area contributed by atoms with E-state index in [1.54, 1.807) is 24.3 Å². The van der Waals surface area contributed by atoms with E-state index in [1.807, 2.05) is 19.9 Å². The lowest BCUT2D eigenvalue weighted by Gasteiger charge is -2.11. The van der Waals surface area contributed by atoms with E-state index in [4.69, 9.17) is 13.9 Å². The number of rotatable bonds is 5. The molecule has 0 saturated heterocycles. The summed E-state index contributed by atoms with van der Waals surface area (Å²) in [6.45, 7) is 4.37. The molecular weight excluding hydrogens is 364 g/mol. The number of methoxy groups -OCH3 is 1. The number of phenols is 2. The summed E-state index contributed by atoms with van der Waals surface area (Å²) in [6, 6.07) is 7.55. The van der Waals surface area contributed by atoms with E-state index in [2.05, 4.69) is 0 Å². The molecule has 1 aromatic heterocycles. The lowest BCUT2D eigenvalue weighted by Crippen LogP contribution is -2.04. The van der Waals surface area contributed by atoms with Crippen molar-refractivity contribution in [2.24, 2.45) is 0 Å². The van der Waals surface area contributed by atoms with Gasteiger partial charge in [-0.1, -0.05) is 5.57 Å². The third-order valence-electron chi connectivity index (χ3n) is 4.12. The summed E-state index contributed by atoms with van der Waals surface area (Å²) in [7, 11) is 1.29. The van der Waals surface area contributed by atoms with Crippen LogP contribution in [0.3, 0.4) is 0 Å². The van der Waals surface area contributed by atoms with Gasteiger partial charge < -0.3 is 29.2 Å². The normalized spacial score (nSPS) is 10.7. The van der Waals surface area contributed by atoms with E-state index in [9.17, 15) is 20.1 Å². The van der Waals surface area contributed by atoms with Crippen molar-refractivity contribution in [3.05, 3.63) is 52.2 Å². The molecule has 0 spiro atoms. The smallest absolute Gasteiger partial charge is 0.238 e. The van der Waals surface area contributed by atoms with Gasteiger partial charge in [0, 0.05) is 11.6 Å². The second-order valence-corrected chi connectivity index (χ2v) is 6.38. The largest absolute Gasteiger partial charge is 0.507 e. The lowest BCUT2D eigenvalue weighted by atomic mass is 10.1. The first-order chi connectivity index (χ1) is 13.3. The lowest BCUT2D eigenvalue weighted by molar-refractivity contribution is 0.362. The van der Waals surface area contributed by atoms with Crippen LogP contribution in [0.4, 0.5) is 0 Å². The molecular formula is C21H20O7. The highest BCUT2D eigenvalue weighted by atomic mass is 16.5. The summed E-state index contributed by atoms with van der Waals surface area (Å²) >= 11 is 0. The van der Waals surface area contributed by atoms with Gasteiger partial charge in [0.05, 0.1) is 7.11 Å². The molecule has 1 heterocycles. The molecule has 3 N–H and O–H groups in total. The Balaban J connectivity index is 2.10. The van der Waals surface area contributed by atoms with E-state index in [0.717, 1.165) is 11.6 Å². The highest BCUT2D eigenvalue weighted by Crippen LogP contribution is 2.42. The predicted molar refractivity (Wildman–Crippen MR) is 104 cm³/mol. The van der Waals surface area contributed by atoms with Gasteiger partial charge in [-0.15, -0.1) is 0 Å². The fourth-order valence-electron chi connectivity index (χ4n) is 2.70. The molecule has 0 saturated carbocycles. The van der Waals surface area contributed by atoms with Crippen molar-refractivity contribution in [3.8, 4) is 40.1 Å². The van der Waals surface area contributed by atoms with Crippen LogP contribution in [0, 0.1) is 0 Å². The number of hydrogen-bond donors (Lipinski definition) is 3. The fourth-order valence-corrected chi connectivity index (χ4v) is 2.70. The molecule has 7 heteroatoms. The minimum absolute atomic E-state index is 0.114. The Bertz CT molecular complexity index is 1100. The zero-order valence-corrected chi connectivity index (χ0v) is 15.6. The zero-order chi connectivity index (χ0) is 20.4. The van der Waals surface area contributed by atoms with Crippen LogP contribution >= 0.6 is 0 Å². The Morgan fingerprint density at radius 3 is 2.39 bits per heavy atom. The van der Waals surface area contributed by atoms with Crippen LogP contribution in [0.5, 0.6) is 28.7 Å². The first kappa shape index (κ1) is 19.2. The van der Waals surface area contributed by atoms with E-state index in [-0.39, 0.29) is 22.5 Å². The van der Waals surface area contributed by atoms with Gasteiger partial charge >= 0.3 is 0 Å². The molecule has 3 aromatic rings. The standard InChI is InChI=1S/C21H20O7/c1-11(2)8-9-27-13-6-4-12(5-7-13)19-18(25)17(24)16-14(22)10-15(23)20(26-3)21(16)28-19/h4-8,10,22-23,25H,9H2,1-3H3. The van der Waals surface area contributed by atoms with Crippen molar-refractivity contribution in [2.45, 2.75) is 13.8 Å². The third-order valence-corrected chi connectivity index (χ3v) is 4.12. The van der Waals surface area contributed by atoms with Gasteiger partial charge in [-0.2, -0.15) is 0 Å². The van der Waals surface area contributed by atoms with Crippen molar-refractivity contribution >= 4 is 11.0 Å². The number of phenolic OH excluding ortho intramolecular Hbond substituents is 2. The second-order valence-electron chi connectivity index (χ2n) is 6.38. The molecule has 0 radical (unpaired) electrons. The molecule has 7 nitrogen and oxygen atoms in total. The van der Waals surface area contributed by atoms with E-state index in [1.165, 1.54) is 7.11 Å². The van der Waals surface area contributed by atoms with Crippen molar-refractivity contribution in [2.75, 3.05) is 13.7 Å². The van der Waals surface area contributed by atoms with Gasteiger partial charge in [-0.05, 0) is 44.2 Å². The van der Waals surface area contributed by atoms with Gasteiger partial charge in [0.2, 0.25) is 16.9 Å². The quantitative estimate of drug-likeness (QED) is 0.572. The van der Waals surface area contributed by atoms with E-state index in [0.29, 0.717) is 17.9 Å². The first-order valence-corrected chi connectivity index (χ1v) is 8.48. The summed E-state index contributed by atoms with van der Waals surface area (Å²) < 4.78 is 16.3. The first-order valence-electron chi connectivity index (χ1n) is 8.48. The monoisotopic (exact) mass is 384 g/mol. The Morgan fingerprint density at radius 1 is 1.11 bits per heavy atom. The van der Waals surface area contributed by atoms with Crippen LogP contribution in [0.2, 0.25) is 0 Å². The highest BCUT2D eigenvalue weighted by molar-refractivity contribution is 5.93. The van der Waals surface area contributed by atoms with Crippen LogP contribution < -0.4 is 14.9 Å². The molecule has 3 rings (SSSR count). The Kier molecular flexibility index (Phi) is 5.17. The number of benzene rings is 2. The number of hydrogen-bond acceptors (Lipinski definition) is 7. The Labute approximate surface area is 160 Å². The van der Waals surface area contributed by atoms with Crippen LogP contribution in [-0.2, 0) is 0 Å². The molecule has 0 aliphatic rings. The molecule has 0 unspecified atom stereocenters. The number of fused-ring (bicyclic) bond motifs is 1. The average Bonchev–Trinajstić information content (AvgIpc) is 2.65. The van der Waals surface area contributed by atoms with Crippen LogP contribution in [0.15, 0.2) is 51.2 Å². The molecule has 0 fully saturated rings. The molecule has 0 bridgehead atoms. The maximum atomic E-state index is 12.6. The van der Waals surface area contributed by atoms with Crippen molar-refractivity contribution in [1.82, 2.24) is 0 Å². The number of allylic oxidation sites excluding steroid dienone is 1. The third kappa shape index (κ3) is 3.46.